The van der Waals surface area contributed by atoms with Crippen LogP contribution >= 0.6 is 0 Å². The molecule has 0 saturated carbocycles. The summed E-state index contributed by atoms with van der Waals surface area (Å²) in [5.74, 6) is 2.46. The number of phenolic OH excluding ortho intramolecular Hbond substituents is 1. The number of aryl methyl sites for hydroxylation is 2. The smallest absolute Gasteiger partial charge is 0.161 e. The third-order valence-corrected chi connectivity index (χ3v) is 3.01. The van der Waals surface area contributed by atoms with Crippen LogP contribution in [0.15, 0.2) is 36.4 Å². The van der Waals surface area contributed by atoms with Crippen LogP contribution in [0.3, 0.4) is 0 Å². The van der Waals surface area contributed by atoms with Gasteiger partial charge in [-0.25, -0.2) is 9.97 Å². The number of benzene rings is 1. The SMILES string of the molecule is Cc1cc(Nc2cccc(O)c2)n(-c2cc(N)nc(C)n2)n1. The van der Waals surface area contributed by atoms with Gasteiger partial charge in [-0.3, -0.25) is 0 Å². The second-order valence-corrected chi connectivity index (χ2v) is 4.96. The van der Waals surface area contributed by atoms with Crippen molar-refractivity contribution in [1.82, 2.24) is 19.7 Å². The van der Waals surface area contributed by atoms with Gasteiger partial charge >= 0.3 is 0 Å². The van der Waals surface area contributed by atoms with Gasteiger partial charge in [-0.2, -0.15) is 9.78 Å². The van der Waals surface area contributed by atoms with E-state index >= 15 is 0 Å². The zero-order valence-electron chi connectivity index (χ0n) is 12.3. The van der Waals surface area contributed by atoms with Crippen molar-refractivity contribution >= 4 is 17.3 Å². The first kappa shape index (κ1) is 13.9. The van der Waals surface area contributed by atoms with Crippen LogP contribution in [0.2, 0.25) is 0 Å². The molecule has 0 aliphatic rings. The largest absolute Gasteiger partial charge is 0.508 e. The lowest BCUT2D eigenvalue weighted by atomic mass is 10.3. The molecule has 112 valence electrons. The minimum Gasteiger partial charge on any atom is -0.508 e. The molecular weight excluding hydrogens is 280 g/mol. The number of phenols is 1. The first-order chi connectivity index (χ1) is 10.5. The topological polar surface area (TPSA) is 102 Å². The Balaban J connectivity index is 2.03. The number of anilines is 3. The van der Waals surface area contributed by atoms with E-state index in [1.165, 1.54) is 0 Å². The van der Waals surface area contributed by atoms with Crippen LogP contribution in [0, 0.1) is 13.8 Å². The maximum absolute atomic E-state index is 9.56. The lowest BCUT2D eigenvalue weighted by Gasteiger charge is -2.10. The van der Waals surface area contributed by atoms with Crippen molar-refractivity contribution in [2.45, 2.75) is 13.8 Å². The molecule has 7 nitrogen and oxygen atoms in total. The summed E-state index contributed by atoms with van der Waals surface area (Å²) in [6.45, 7) is 3.67. The molecule has 0 aliphatic carbocycles. The molecule has 0 atom stereocenters. The van der Waals surface area contributed by atoms with E-state index in [9.17, 15) is 5.11 Å². The third kappa shape index (κ3) is 2.83. The maximum atomic E-state index is 9.56. The second kappa shape index (κ2) is 5.36. The Labute approximate surface area is 127 Å². The molecule has 4 N–H and O–H groups in total. The lowest BCUT2D eigenvalue weighted by Crippen LogP contribution is -2.07. The van der Waals surface area contributed by atoms with E-state index in [-0.39, 0.29) is 5.75 Å². The number of nitrogens with zero attached hydrogens (tertiary/aromatic N) is 4. The minimum atomic E-state index is 0.190. The Kier molecular flexibility index (Phi) is 3.38. The molecule has 22 heavy (non-hydrogen) atoms. The van der Waals surface area contributed by atoms with Gasteiger partial charge in [0.2, 0.25) is 0 Å². The molecular formula is C15H16N6O. The summed E-state index contributed by atoms with van der Waals surface area (Å²) in [6.07, 6.45) is 0. The molecule has 0 fully saturated rings. The van der Waals surface area contributed by atoms with Crippen LogP contribution in [0.5, 0.6) is 5.75 Å². The number of hydrogen-bond donors (Lipinski definition) is 3. The highest BCUT2D eigenvalue weighted by Gasteiger charge is 2.11. The fraction of sp³-hybridized carbons (Fsp3) is 0.133. The van der Waals surface area contributed by atoms with Crippen LogP contribution in [0.25, 0.3) is 5.82 Å². The number of hydrogen-bond acceptors (Lipinski definition) is 6. The van der Waals surface area contributed by atoms with Crippen LogP contribution in [-0.2, 0) is 0 Å². The standard InChI is InChI=1S/C15H16N6O/c1-9-6-14(19-11-4-3-5-12(22)7-11)21(20-9)15-8-13(16)17-10(2)18-15/h3-8,19,22H,1-2H3,(H2,16,17,18). The molecule has 0 radical (unpaired) electrons. The highest BCUT2D eigenvalue weighted by molar-refractivity contribution is 5.60. The van der Waals surface area contributed by atoms with E-state index in [0.717, 1.165) is 17.2 Å². The molecule has 3 aromatic rings. The van der Waals surface area contributed by atoms with Crippen molar-refractivity contribution in [2.24, 2.45) is 0 Å². The molecule has 0 aliphatic heterocycles. The van der Waals surface area contributed by atoms with E-state index in [1.54, 1.807) is 35.9 Å². The van der Waals surface area contributed by atoms with Crippen molar-refractivity contribution < 1.29 is 5.11 Å². The molecule has 0 bridgehead atoms. The van der Waals surface area contributed by atoms with Crippen LogP contribution in [0.1, 0.15) is 11.5 Å². The average Bonchev–Trinajstić information content (AvgIpc) is 2.78. The minimum absolute atomic E-state index is 0.190. The fourth-order valence-corrected chi connectivity index (χ4v) is 2.18. The first-order valence-corrected chi connectivity index (χ1v) is 6.75. The Morgan fingerprint density at radius 2 is 1.95 bits per heavy atom. The van der Waals surface area contributed by atoms with Gasteiger partial charge in [0.15, 0.2) is 5.82 Å². The number of rotatable bonds is 3. The lowest BCUT2D eigenvalue weighted by molar-refractivity contribution is 0.475. The van der Waals surface area contributed by atoms with E-state index in [4.69, 9.17) is 5.73 Å². The van der Waals surface area contributed by atoms with E-state index in [1.807, 2.05) is 19.1 Å². The molecule has 3 rings (SSSR count). The van der Waals surface area contributed by atoms with Crippen LogP contribution in [-0.4, -0.2) is 24.9 Å². The summed E-state index contributed by atoms with van der Waals surface area (Å²) in [7, 11) is 0. The molecule has 0 amide bonds. The summed E-state index contributed by atoms with van der Waals surface area (Å²) >= 11 is 0. The predicted molar refractivity (Wildman–Crippen MR) is 84.4 cm³/mol. The number of aromatic nitrogens is 4. The maximum Gasteiger partial charge on any atom is 0.161 e. The third-order valence-electron chi connectivity index (χ3n) is 3.01. The van der Waals surface area contributed by atoms with Gasteiger partial charge in [0.05, 0.1) is 5.69 Å². The molecule has 7 heteroatoms. The summed E-state index contributed by atoms with van der Waals surface area (Å²) in [5.41, 5.74) is 7.36. The molecule has 0 spiro atoms. The van der Waals surface area contributed by atoms with Crippen molar-refractivity contribution in [1.29, 1.82) is 0 Å². The Morgan fingerprint density at radius 3 is 2.68 bits per heavy atom. The Morgan fingerprint density at radius 1 is 1.14 bits per heavy atom. The average molecular weight is 296 g/mol. The quantitative estimate of drug-likeness (QED) is 0.685. The van der Waals surface area contributed by atoms with Crippen molar-refractivity contribution in [2.75, 3.05) is 11.1 Å². The van der Waals surface area contributed by atoms with E-state index in [2.05, 4.69) is 20.4 Å². The van der Waals surface area contributed by atoms with Crippen LogP contribution < -0.4 is 11.1 Å². The predicted octanol–water partition coefficient (Wildman–Crippen LogP) is 2.31. The molecule has 0 saturated heterocycles. The molecule has 2 heterocycles. The normalized spacial score (nSPS) is 10.6. The van der Waals surface area contributed by atoms with Gasteiger partial charge in [0.25, 0.3) is 0 Å². The molecule has 0 unspecified atom stereocenters. The summed E-state index contributed by atoms with van der Waals surface area (Å²) < 4.78 is 1.66. The Hall–Kier alpha value is -3.09. The van der Waals surface area contributed by atoms with Gasteiger partial charge in [0, 0.05) is 23.9 Å². The zero-order valence-corrected chi connectivity index (χ0v) is 12.3. The summed E-state index contributed by atoms with van der Waals surface area (Å²) in [4.78, 5) is 8.42. The van der Waals surface area contributed by atoms with E-state index < -0.39 is 0 Å². The number of nitrogens with one attached hydrogen (secondary N) is 1. The highest BCUT2D eigenvalue weighted by atomic mass is 16.3. The van der Waals surface area contributed by atoms with Gasteiger partial charge in [-0.1, -0.05) is 6.07 Å². The highest BCUT2D eigenvalue weighted by Crippen LogP contribution is 2.23. The van der Waals surface area contributed by atoms with Gasteiger partial charge in [-0.05, 0) is 26.0 Å². The zero-order chi connectivity index (χ0) is 15.7. The van der Waals surface area contributed by atoms with Crippen molar-refractivity contribution in [3.05, 3.63) is 47.9 Å². The van der Waals surface area contributed by atoms with Gasteiger partial charge in [-0.15, -0.1) is 0 Å². The van der Waals surface area contributed by atoms with Gasteiger partial charge < -0.3 is 16.2 Å². The number of nitrogens with two attached hydrogens (primary N) is 1. The van der Waals surface area contributed by atoms with Crippen LogP contribution in [0.4, 0.5) is 17.3 Å². The monoisotopic (exact) mass is 296 g/mol. The second-order valence-electron chi connectivity index (χ2n) is 4.96. The summed E-state index contributed by atoms with van der Waals surface area (Å²) in [5, 5.41) is 17.2. The Bertz CT molecular complexity index is 806. The number of aromatic hydroxyl groups is 1. The van der Waals surface area contributed by atoms with Crippen molar-refractivity contribution in [3.63, 3.8) is 0 Å². The fourth-order valence-electron chi connectivity index (χ4n) is 2.18. The summed E-state index contributed by atoms with van der Waals surface area (Å²) in [6, 6.07) is 10.4. The van der Waals surface area contributed by atoms with Crippen molar-refractivity contribution in [3.8, 4) is 11.6 Å². The molecule has 1 aromatic carbocycles. The van der Waals surface area contributed by atoms with Gasteiger partial charge in [0.1, 0.15) is 23.2 Å². The molecule has 2 aromatic heterocycles. The number of nitrogen functional groups attached to an aromatic ring is 1. The van der Waals surface area contributed by atoms with E-state index in [0.29, 0.717) is 17.5 Å². The first-order valence-electron chi connectivity index (χ1n) is 6.75.